The zero-order chi connectivity index (χ0) is 11.4. The first-order chi connectivity index (χ1) is 7.77. The molecule has 0 spiro atoms. The number of thiocarbonyl (C=S) groups is 1. The fourth-order valence-corrected chi connectivity index (χ4v) is 3.97. The Hall–Kier alpha value is -0.100. The molecule has 1 fully saturated rings. The van der Waals surface area contributed by atoms with E-state index in [4.69, 9.17) is 17.0 Å². The SMILES string of the molecule is C[C@@H](SC(=S)N1CCOCC1)c1cccs1. The minimum absolute atomic E-state index is 0.454. The van der Waals surface area contributed by atoms with Gasteiger partial charge in [0.15, 0.2) is 0 Å². The summed E-state index contributed by atoms with van der Waals surface area (Å²) in [5, 5.41) is 2.57. The van der Waals surface area contributed by atoms with E-state index in [1.54, 1.807) is 23.1 Å². The molecule has 0 unspecified atom stereocenters. The van der Waals surface area contributed by atoms with E-state index in [2.05, 4.69) is 29.3 Å². The quantitative estimate of drug-likeness (QED) is 0.767. The Morgan fingerprint density at radius 2 is 2.31 bits per heavy atom. The van der Waals surface area contributed by atoms with E-state index >= 15 is 0 Å². The van der Waals surface area contributed by atoms with E-state index in [-0.39, 0.29) is 0 Å². The Morgan fingerprint density at radius 3 is 2.94 bits per heavy atom. The normalized spacial score (nSPS) is 18.4. The van der Waals surface area contributed by atoms with Gasteiger partial charge < -0.3 is 9.64 Å². The highest BCUT2D eigenvalue weighted by Gasteiger charge is 2.17. The van der Waals surface area contributed by atoms with Crippen molar-refractivity contribution in [2.24, 2.45) is 0 Å². The van der Waals surface area contributed by atoms with Crippen molar-refractivity contribution in [3.05, 3.63) is 22.4 Å². The Labute approximate surface area is 110 Å². The maximum absolute atomic E-state index is 5.46. The van der Waals surface area contributed by atoms with Crippen LogP contribution in [0.1, 0.15) is 17.1 Å². The highest BCUT2D eigenvalue weighted by molar-refractivity contribution is 8.23. The van der Waals surface area contributed by atoms with E-state index in [1.807, 2.05) is 0 Å². The molecule has 2 rings (SSSR count). The van der Waals surface area contributed by atoms with Crippen molar-refractivity contribution >= 4 is 39.6 Å². The fraction of sp³-hybridized carbons (Fsp3) is 0.545. The standard InChI is InChI=1S/C11H15NOS3/c1-9(10-3-2-8-15-10)16-11(14)12-4-6-13-7-5-12/h2-3,8-9H,4-7H2,1H3/t9-/m1/s1. The summed E-state index contributed by atoms with van der Waals surface area (Å²) in [7, 11) is 0. The predicted molar refractivity (Wildman–Crippen MR) is 75.3 cm³/mol. The summed E-state index contributed by atoms with van der Waals surface area (Å²) in [6, 6.07) is 4.26. The van der Waals surface area contributed by atoms with Gasteiger partial charge in [-0.2, -0.15) is 0 Å². The highest BCUT2D eigenvalue weighted by Crippen LogP contribution is 2.33. The first-order valence-electron chi connectivity index (χ1n) is 5.34. The van der Waals surface area contributed by atoms with E-state index in [0.29, 0.717) is 5.25 Å². The summed E-state index contributed by atoms with van der Waals surface area (Å²) >= 11 is 9.03. The summed E-state index contributed by atoms with van der Waals surface area (Å²) < 4.78 is 6.32. The van der Waals surface area contributed by atoms with Gasteiger partial charge in [-0.3, -0.25) is 0 Å². The third-order valence-corrected chi connectivity index (χ3v) is 5.31. The zero-order valence-corrected chi connectivity index (χ0v) is 11.7. The third kappa shape index (κ3) is 3.20. The van der Waals surface area contributed by atoms with Crippen molar-refractivity contribution in [1.29, 1.82) is 0 Å². The molecule has 0 radical (unpaired) electrons. The van der Waals surface area contributed by atoms with Gasteiger partial charge in [0, 0.05) is 23.2 Å². The maximum Gasteiger partial charge on any atom is 0.137 e. The highest BCUT2D eigenvalue weighted by atomic mass is 32.2. The van der Waals surface area contributed by atoms with Crippen LogP contribution in [0.15, 0.2) is 17.5 Å². The summed E-state index contributed by atoms with van der Waals surface area (Å²) in [5.41, 5.74) is 0. The van der Waals surface area contributed by atoms with Gasteiger partial charge in [0.05, 0.1) is 13.2 Å². The number of thiophene rings is 1. The number of ether oxygens (including phenoxy) is 1. The van der Waals surface area contributed by atoms with Crippen LogP contribution >= 0.6 is 35.3 Å². The molecule has 1 aromatic heterocycles. The van der Waals surface area contributed by atoms with Crippen LogP contribution < -0.4 is 0 Å². The smallest absolute Gasteiger partial charge is 0.137 e. The summed E-state index contributed by atoms with van der Waals surface area (Å²) in [6.07, 6.45) is 0. The lowest BCUT2D eigenvalue weighted by atomic mass is 10.4. The van der Waals surface area contributed by atoms with Crippen LogP contribution in [0, 0.1) is 0 Å². The van der Waals surface area contributed by atoms with Crippen LogP contribution in [-0.4, -0.2) is 35.5 Å². The second-order valence-corrected chi connectivity index (χ2v) is 6.59. The van der Waals surface area contributed by atoms with E-state index in [1.165, 1.54) is 4.88 Å². The molecule has 16 heavy (non-hydrogen) atoms. The molecule has 2 nitrogen and oxygen atoms in total. The number of morpholine rings is 1. The lowest BCUT2D eigenvalue weighted by Gasteiger charge is -2.29. The first kappa shape index (κ1) is 12.4. The van der Waals surface area contributed by atoms with Crippen LogP contribution in [0.25, 0.3) is 0 Å². The second-order valence-electron chi connectivity index (χ2n) is 3.64. The van der Waals surface area contributed by atoms with E-state index in [0.717, 1.165) is 30.6 Å². The number of thioether (sulfide) groups is 1. The molecular formula is C11H15NOS3. The minimum Gasteiger partial charge on any atom is -0.378 e. The van der Waals surface area contributed by atoms with E-state index in [9.17, 15) is 0 Å². The summed E-state index contributed by atoms with van der Waals surface area (Å²) in [6.45, 7) is 5.68. The molecule has 0 bridgehead atoms. The van der Waals surface area contributed by atoms with Gasteiger partial charge in [0.25, 0.3) is 0 Å². The molecule has 1 saturated heterocycles. The topological polar surface area (TPSA) is 12.5 Å². The zero-order valence-electron chi connectivity index (χ0n) is 9.22. The van der Waals surface area contributed by atoms with Gasteiger partial charge in [0.2, 0.25) is 0 Å². The second kappa shape index (κ2) is 6.00. The first-order valence-corrected chi connectivity index (χ1v) is 7.51. The van der Waals surface area contributed by atoms with Crippen LogP contribution in [0.2, 0.25) is 0 Å². The van der Waals surface area contributed by atoms with Gasteiger partial charge in [-0.15, -0.1) is 11.3 Å². The molecule has 0 saturated carbocycles. The molecule has 1 atom stereocenters. The van der Waals surface area contributed by atoms with Gasteiger partial charge in [0.1, 0.15) is 4.32 Å². The minimum atomic E-state index is 0.454. The number of rotatable bonds is 2. The Balaban J connectivity index is 1.86. The monoisotopic (exact) mass is 273 g/mol. The van der Waals surface area contributed by atoms with Crippen LogP contribution in [0.4, 0.5) is 0 Å². The van der Waals surface area contributed by atoms with Crippen molar-refractivity contribution in [3.63, 3.8) is 0 Å². The van der Waals surface area contributed by atoms with Crippen molar-refractivity contribution in [3.8, 4) is 0 Å². The molecule has 0 N–H and O–H groups in total. The predicted octanol–water partition coefficient (Wildman–Crippen LogP) is 3.16. The number of nitrogens with zero attached hydrogens (tertiary/aromatic N) is 1. The largest absolute Gasteiger partial charge is 0.378 e. The van der Waals surface area contributed by atoms with Gasteiger partial charge in [-0.05, 0) is 18.4 Å². The van der Waals surface area contributed by atoms with E-state index < -0.39 is 0 Å². The number of hydrogen-bond donors (Lipinski definition) is 0. The molecule has 88 valence electrons. The molecule has 0 aliphatic carbocycles. The molecule has 1 aliphatic heterocycles. The Morgan fingerprint density at radius 1 is 1.56 bits per heavy atom. The summed E-state index contributed by atoms with van der Waals surface area (Å²) in [5.74, 6) is 0. The molecule has 5 heteroatoms. The average Bonchev–Trinajstić information content (AvgIpc) is 2.83. The van der Waals surface area contributed by atoms with Crippen LogP contribution in [-0.2, 0) is 4.74 Å². The lowest BCUT2D eigenvalue weighted by Crippen LogP contribution is -2.38. The van der Waals surface area contributed by atoms with Crippen molar-refractivity contribution in [1.82, 2.24) is 4.90 Å². The fourth-order valence-electron chi connectivity index (χ4n) is 1.55. The molecule has 2 heterocycles. The molecular weight excluding hydrogens is 258 g/mol. The third-order valence-electron chi connectivity index (χ3n) is 2.49. The molecule has 1 aliphatic rings. The lowest BCUT2D eigenvalue weighted by molar-refractivity contribution is 0.0702. The van der Waals surface area contributed by atoms with Gasteiger partial charge >= 0.3 is 0 Å². The molecule has 0 aromatic carbocycles. The maximum atomic E-state index is 5.46. The van der Waals surface area contributed by atoms with Crippen LogP contribution in [0.5, 0.6) is 0 Å². The van der Waals surface area contributed by atoms with Gasteiger partial charge in [-0.1, -0.05) is 30.0 Å². The van der Waals surface area contributed by atoms with Crippen molar-refractivity contribution in [2.75, 3.05) is 26.3 Å². The molecule has 1 aromatic rings. The Bertz CT molecular complexity index is 333. The van der Waals surface area contributed by atoms with Gasteiger partial charge in [-0.25, -0.2) is 0 Å². The average molecular weight is 273 g/mol. The van der Waals surface area contributed by atoms with Crippen molar-refractivity contribution in [2.45, 2.75) is 12.2 Å². The number of hydrogen-bond acceptors (Lipinski definition) is 4. The van der Waals surface area contributed by atoms with Crippen LogP contribution in [0.3, 0.4) is 0 Å². The summed E-state index contributed by atoms with van der Waals surface area (Å²) in [4.78, 5) is 3.63. The Kier molecular flexibility index (Phi) is 4.64. The molecule has 0 amide bonds. The van der Waals surface area contributed by atoms with Crippen molar-refractivity contribution < 1.29 is 4.74 Å².